The zero-order valence-electron chi connectivity index (χ0n) is 9.23. The van der Waals surface area contributed by atoms with Crippen molar-refractivity contribution >= 4 is 0 Å². The summed E-state index contributed by atoms with van der Waals surface area (Å²) >= 11 is 0. The number of allylic oxidation sites excluding steroid dienone is 3. The third-order valence-electron chi connectivity index (χ3n) is 2.28. The van der Waals surface area contributed by atoms with E-state index in [9.17, 15) is 0 Å². The van der Waals surface area contributed by atoms with Crippen LogP contribution in [0.5, 0.6) is 0 Å². The largest absolute Gasteiger partial charge is 0.501 e. The second kappa shape index (κ2) is 7.90. The Balaban J connectivity index is 4.01. The van der Waals surface area contributed by atoms with Gasteiger partial charge in [-0.3, -0.25) is 0 Å². The summed E-state index contributed by atoms with van der Waals surface area (Å²) in [5.41, 5.74) is 1.39. The number of methoxy groups -OCH3 is 1. The zero-order valence-corrected chi connectivity index (χ0v) is 9.23. The molecule has 1 nitrogen and oxygen atoms in total. The van der Waals surface area contributed by atoms with Crippen molar-refractivity contribution in [2.24, 2.45) is 0 Å². The molecule has 0 fully saturated rings. The van der Waals surface area contributed by atoms with Crippen molar-refractivity contribution in [1.82, 2.24) is 0 Å². The van der Waals surface area contributed by atoms with Crippen molar-refractivity contribution < 1.29 is 4.74 Å². The first-order valence-electron chi connectivity index (χ1n) is 5.09. The first-order valence-corrected chi connectivity index (χ1v) is 5.09. The summed E-state index contributed by atoms with van der Waals surface area (Å²) in [6.45, 7) is 8.01. The van der Waals surface area contributed by atoms with E-state index in [1.165, 1.54) is 24.8 Å². The second-order valence-corrected chi connectivity index (χ2v) is 3.31. The molecule has 0 rings (SSSR count). The van der Waals surface area contributed by atoms with E-state index in [0.29, 0.717) is 0 Å². The fourth-order valence-corrected chi connectivity index (χ4v) is 1.33. The van der Waals surface area contributed by atoms with Gasteiger partial charge in [-0.05, 0) is 31.8 Å². The zero-order chi connectivity index (χ0) is 10.1. The summed E-state index contributed by atoms with van der Waals surface area (Å²) in [6.07, 6.45) is 7.90. The Morgan fingerprint density at radius 3 is 2.54 bits per heavy atom. The van der Waals surface area contributed by atoms with E-state index in [2.05, 4.69) is 13.5 Å². The van der Waals surface area contributed by atoms with Gasteiger partial charge in [0.15, 0.2) is 0 Å². The third-order valence-corrected chi connectivity index (χ3v) is 2.28. The fourth-order valence-electron chi connectivity index (χ4n) is 1.33. The molecule has 0 atom stereocenters. The standard InChI is InChI=1S/C12H22O/c1-5-7-8-10-12(9-6-2)11(3)13-4/h6H,2,5,7-10H2,1,3-4H3. The summed E-state index contributed by atoms with van der Waals surface area (Å²) in [5, 5.41) is 0. The smallest absolute Gasteiger partial charge is 0.0919 e. The highest BCUT2D eigenvalue weighted by atomic mass is 16.5. The van der Waals surface area contributed by atoms with Crippen LogP contribution in [0.4, 0.5) is 0 Å². The van der Waals surface area contributed by atoms with Crippen LogP contribution in [0.1, 0.15) is 46.0 Å². The minimum atomic E-state index is 0.962. The van der Waals surface area contributed by atoms with Crippen LogP contribution in [-0.2, 0) is 4.74 Å². The predicted molar refractivity (Wildman–Crippen MR) is 58.7 cm³/mol. The number of unbranched alkanes of at least 4 members (excludes halogenated alkanes) is 2. The molecule has 0 aromatic rings. The summed E-state index contributed by atoms with van der Waals surface area (Å²) in [5.74, 6) is 1.07. The van der Waals surface area contributed by atoms with Crippen LogP contribution < -0.4 is 0 Å². The van der Waals surface area contributed by atoms with Crippen LogP contribution in [0.25, 0.3) is 0 Å². The highest BCUT2D eigenvalue weighted by molar-refractivity contribution is 5.10. The minimum absolute atomic E-state index is 0.962. The van der Waals surface area contributed by atoms with Gasteiger partial charge >= 0.3 is 0 Å². The molecule has 0 spiro atoms. The maximum absolute atomic E-state index is 5.23. The van der Waals surface area contributed by atoms with E-state index in [4.69, 9.17) is 4.74 Å². The third kappa shape index (κ3) is 5.51. The molecule has 76 valence electrons. The highest BCUT2D eigenvalue weighted by Gasteiger charge is 2.00. The highest BCUT2D eigenvalue weighted by Crippen LogP contribution is 2.17. The molecule has 0 saturated carbocycles. The van der Waals surface area contributed by atoms with Gasteiger partial charge in [-0.15, -0.1) is 6.58 Å². The quantitative estimate of drug-likeness (QED) is 0.328. The van der Waals surface area contributed by atoms with E-state index < -0.39 is 0 Å². The van der Waals surface area contributed by atoms with Gasteiger partial charge in [-0.1, -0.05) is 25.8 Å². The average molecular weight is 182 g/mol. The van der Waals surface area contributed by atoms with Gasteiger partial charge in [-0.2, -0.15) is 0 Å². The molecule has 0 radical (unpaired) electrons. The van der Waals surface area contributed by atoms with E-state index in [0.717, 1.165) is 18.6 Å². The SMILES string of the molecule is C=CCC(CCCCC)=C(C)OC. The van der Waals surface area contributed by atoms with E-state index in [1.54, 1.807) is 7.11 Å². The van der Waals surface area contributed by atoms with Crippen molar-refractivity contribution in [2.45, 2.75) is 46.0 Å². The Hall–Kier alpha value is -0.720. The van der Waals surface area contributed by atoms with Gasteiger partial charge in [-0.25, -0.2) is 0 Å². The monoisotopic (exact) mass is 182 g/mol. The van der Waals surface area contributed by atoms with Gasteiger partial charge in [0.05, 0.1) is 12.9 Å². The molecule has 0 amide bonds. The van der Waals surface area contributed by atoms with E-state index in [1.807, 2.05) is 13.0 Å². The molecule has 0 saturated heterocycles. The van der Waals surface area contributed by atoms with Gasteiger partial charge in [0.1, 0.15) is 0 Å². The topological polar surface area (TPSA) is 9.23 Å². The Morgan fingerprint density at radius 2 is 2.08 bits per heavy atom. The Bertz CT molecular complexity index is 168. The molecule has 1 heteroatoms. The summed E-state index contributed by atoms with van der Waals surface area (Å²) in [6, 6.07) is 0. The van der Waals surface area contributed by atoms with Crippen LogP contribution in [0.2, 0.25) is 0 Å². The lowest BCUT2D eigenvalue weighted by molar-refractivity contribution is 0.286. The Labute approximate surface area is 82.5 Å². The first-order chi connectivity index (χ1) is 6.26. The Kier molecular flexibility index (Phi) is 7.47. The molecule has 0 unspecified atom stereocenters. The first kappa shape index (κ1) is 12.3. The van der Waals surface area contributed by atoms with Crippen molar-refractivity contribution in [3.8, 4) is 0 Å². The number of ether oxygens (including phenoxy) is 1. The second-order valence-electron chi connectivity index (χ2n) is 3.31. The fraction of sp³-hybridized carbons (Fsp3) is 0.667. The van der Waals surface area contributed by atoms with Crippen molar-refractivity contribution in [2.75, 3.05) is 7.11 Å². The molecule has 13 heavy (non-hydrogen) atoms. The number of rotatable bonds is 7. The van der Waals surface area contributed by atoms with E-state index >= 15 is 0 Å². The van der Waals surface area contributed by atoms with Gasteiger partial charge in [0.25, 0.3) is 0 Å². The summed E-state index contributed by atoms with van der Waals surface area (Å²) < 4.78 is 5.23. The molecular weight excluding hydrogens is 160 g/mol. The number of hydrogen-bond donors (Lipinski definition) is 0. The molecule has 0 aliphatic rings. The van der Waals surface area contributed by atoms with Gasteiger partial charge < -0.3 is 4.74 Å². The predicted octanol–water partition coefficient (Wildman–Crippen LogP) is 4.06. The van der Waals surface area contributed by atoms with Crippen LogP contribution in [0.3, 0.4) is 0 Å². The summed E-state index contributed by atoms with van der Waals surface area (Å²) in [7, 11) is 1.73. The van der Waals surface area contributed by atoms with Crippen molar-refractivity contribution in [3.63, 3.8) is 0 Å². The van der Waals surface area contributed by atoms with E-state index in [-0.39, 0.29) is 0 Å². The van der Waals surface area contributed by atoms with Crippen molar-refractivity contribution in [3.05, 3.63) is 24.0 Å². The van der Waals surface area contributed by atoms with Gasteiger partial charge in [0.2, 0.25) is 0 Å². The maximum atomic E-state index is 5.23. The lowest BCUT2D eigenvalue weighted by Crippen LogP contribution is -1.91. The van der Waals surface area contributed by atoms with Crippen molar-refractivity contribution in [1.29, 1.82) is 0 Å². The van der Waals surface area contributed by atoms with Crippen LogP contribution >= 0.6 is 0 Å². The molecule has 0 heterocycles. The van der Waals surface area contributed by atoms with Crippen LogP contribution in [0.15, 0.2) is 24.0 Å². The summed E-state index contributed by atoms with van der Waals surface area (Å²) in [4.78, 5) is 0. The lowest BCUT2D eigenvalue weighted by atomic mass is 10.0. The Morgan fingerprint density at radius 1 is 1.38 bits per heavy atom. The molecular formula is C12H22O. The molecule has 0 N–H and O–H groups in total. The number of hydrogen-bond acceptors (Lipinski definition) is 1. The normalized spacial score (nSPS) is 12.2. The van der Waals surface area contributed by atoms with Crippen LogP contribution in [0, 0.1) is 0 Å². The average Bonchev–Trinajstić information content (AvgIpc) is 2.16. The molecule has 0 bridgehead atoms. The minimum Gasteiger partial charge on any atom is -0.501 e. The molecule has 0 aliphatic carbocycles. The maximum Gasteiger partial charge on any atom is 0.0919 e. The van der Waals surface area contributed by atoms with Crippen LogP contribution in [-0.4, -0.2) is 7.11 Å². The molecule has 0 aromatic carbocycles. The van der Waals surface area contributed by atoms with Gasteiger partial charge in [0, 0.05) is 0 Å². The molecule has 0 aliphatic heterocycles. The lowest BCUT2D eigenvalue weighted by Gasteiger charge is -2.08. The molecule has 0 aromatic heterocycles.